The lowest BCUT2D eigenvalue weighted by Crippen LogP contribution is -2.42. The predicted molar refractivity (Wildman–Crippen MR) is 56.1 cm³/mol. The molecule has 0 aromatic heterocycles. The van der Waals surface area contributed by atoms with Crippen molar-refractivity contribution in [2.75, 3.05) is 6.54 Å². The first-order valence-electron chi connectivity index (χ1n) is 4.33. The van der Waals surface area contributed by atoms with Crippen molar-refractivity contribution in [2.24, 2.45) is 16.5 Å². The lowest BCUT2D eigenvalue weighted by molar-refractivity contribution is -0.140. The topological polar surface area (TPSA) is 102 Å². The van der Waals surface area contributed by atoms with Crippen molar-refractivity contribution >= 4 is 11.8 Å². The van der Waals surface area contributed by atoms with Gasteiger partial charge in [-0.25, -0.2) is 4.79 Å². The highest BCUT2D eigenvalue weighted by Crippen LogP contribution is 2.02. The van der Waals surface area contributed by atoms with Gasteiger partial charge in [0.2, 0.25) is 0 Å². The molecule has 0 spiro atoms. The first-order valence-corrected chi connectivity index (χ1v) is 4.33. The van der Waals surface area contributed by atoms with E-state index < -0.39 is 11.5 Å². The molecule has 0 rings (SSSR count). The number of hydrogen-bond donors (Lipinski definition) is 3. The lowest BCUT2D eigenvalue weighted by atomic mass is 10.0. The molecule has 0 unspecified atom stereocenters. The zero-order chi connectivity index (χ0) is 11.2. The number of carboxylic acids is 1. The first kappa shape index (κ1) is 12.6. The summed E-state index contributed by atoms with van der Waals surface area (Å²) in [4.78, 5) is 14.5. The second-order valence-electron chi connectivity index (χ2n) is 3.30. The van der Waals surface area contributed by atoms with Crippen molar-refractivity contribution in [2.45, 2.75) is 25.8 Å². The van der Waals surface area contributed by atoms with Crippen LogP contribution in [0.5, 0.6) is 0 Å². The van der Waals surface area contributed by atoms with Crippen molar-refractivity contribution in [3.8, 4) is 0 Å². The van der Waals surface area contributed by atoms with E-state index in [-0.39, 0.29) is 0 Å². The van der Waals surface area contributed by atoms with E-state index in [0.717, 1.165) is 0 Å². The zero-order valence-electron chi connectivity index (χ0n) is 8.53. The predicted octanol–water partition coefficient (Wildman–Crippen LogP) is 0.112. The summed E-state index contributed by atoms with van der Waals surface area (Å²) in [7, 11) is 0. The summed E-state index contributed by atoms with van der Waals surface area (Å²) in [6, 6.07) is 0. The Morgan fingerprint density at radius 2 is 2.21 bits per heavy atom. The molecular formula is C9H17N3O2. The van der Waals surface area contributed by atoms with Crippen LogP contribution in [0.25, 0.3) is 0 Å². The van der Waals surface area contributed by atoms with Gasteiger partial charge in [-0.1, -0.05) is 12.2 Å². The van der Waals surface area contributed by atoms with Gasteiger partial charge in [0.25, 0.3) is 0 Å². The third-order valence-corrected chi connectivity index (χ3v) is 1.58. The van der Waals surface area contributed by atoms with E-state index in [1.165, 1.54) is 13.0 Å². The van der Waals surface area contributed by atoms with Crippen molar-refractivity contribution in [3.63, 3.8) is 0 Å². The highest BCUT2D eigenvalue weighted by molar-refractivity contribution is 5.80. The van der Waals surface area contributed by atoms with Crippen molar-refractivity contribution in [1.82, 2.24) is 0 Å². The Balaban J connectivity index is 3.95. The van der Waals surface area contributed by atoms with E-state index in [2.05, 4.69) is 4.99 Å². The van der Waals surface area contributed by atoms with Crippen LogP contribution in [0.4, 0.5) is 0 Å². The summed E-state index contributed by atoms with van der Waals surface area (Å²) in [5.41, 5.74) is 9.47. The molecule has 5 heteroatoms. The highest BCUT2D eigenvalue weighted by Gasteiger charge is 2.23. The molecule has 5 nitrogen and oxygen atoms in total. The number of rotatable bonds is 5. The maximum atomic E-state index is 10.6. The molecule has 0 radical (unpaired) electrons. The largest absolute Gasteiger partial charge is 0.480 e. The summed E-state index contributed by atoms with van der Waals surface area (Å²) in [5, 5.41) is 8.66. The molecule has 0 aliphatic rings. The Morgan fingerprint density at radius 1 is 1.64 bits per heavy atom. The molecule has 0 aromatic carbocycles. The molecule has 0 heterocycles. The van der Waals surface area contributed by atoms with Gasteiger partial charge in [0.1, 0.15) is 5.54 Å². The van der Waals surface area contributed by atoms with E-state index in [1.807, 2.05) is 0 Å². The zero-order valence-corrected chi connectivity index (χ0v) is 8.53. The Kier molecular flexibility index (Phi) is 4.86. The molecule has 0 saturated heterocycles. The number of carbonyl (C=O) groups is 1. The van der Waals surface area contributed by atoms with Gasteiger partial charge in [0.15, 0.2) is 0 Å². The summed E-state index contributed by atoms with van der Waals surface area (Å²) in [6.07, 6.45) is 3.78. The van der Waals surface area contributed by atoms with Gasteiger partial charge in [-0.3, -0.25) is 4.99 Å². The number of aliphatic imine (C=N–C) groups is 1. The SMILES string of the molecule is CC(N)=NCCC=C[C@@](C)(N)C(=O)O. The molecule has 0 aliphatic heterocycles. The van der Waals surface area contributed by atoms with Crippen molar-refractivity contribution in [3.05, 3.63) is 12.2 Å². The molecule has 0 aromatic rings. The van der Waals surface area contributed by atoms with Gasteiger partial charge in [-0.05, 0) is 20.3 Å². The van der Waals surface area contributed by atoms with Crippen LogP contribution >= 0.6 is 0 Å². The fourth-order valence-electron chi connectivity index (χ4n) is 0.715. The standard InChI is InChI=1S/C9H17N3O2/c1-7(10)12-6-4-3-5-9(2,11)8(13)14/h3,5H,4,6,11H2,1-2H3,(H2,10,12)(H,13,14)/t9-/m1/s1. The van der Waals surface area contributed by atoms with Crippen molar-refractivity contribution < 1.29 is 9.90 Å². The van der Waals surface area contributed by atoms with E-state index in [1.54, 1.807) is 13.0 Å². The van der Waals surface area contributed by atoms with Crippen molar-refractivity contribution in [1.29, 1.82) is 0 Å². The molecule has 80 valence electrons. The minimum absolute atomic E-state index is 0.521. The summed E-state index contributed by atoms with van der Waals surface area (Å²) >= 11 is 0. The number of nitrogens with two attached hydrogens (primary N) is 2. The third kappa shape index (κ3) is 5.31. The number of carboxylic acid groups (broad SMARTS) is 1. The van der Waals surface area contributed by atoms with Crippen LogP contribution in [0.2, 0.25) is 0 Å². The quantitative estimate of drug-likeness (QED) is 0.253. The van der Waals surface area contributed by atoms with Gasteiger partial charge in [-0.2, -0.15) is 0 Å². The molecule has 5 N–H and O–H groups in total. The van der Waals surface area contributed by atoms with Gasteiger partial charge >= 0.3 is 5.97 Å². The first-order chi connectivity index (χ1) is 6.36. The molecule has 0 fully saturated rings. The molecule has 14 heavy (non-hydrogen) atoms. The Morgan fingerprint density at radius 3 is 2.64 bits per heavy atom. The van der Waals surface area contributed by atoms with E-state index in [9.17, 15) is 4.79 Å². The Bertz CT molecular complexity index is 253. The average Bonchev–Trinajstić information content (AvgIpc) is 2.02. The fourth-order valence-corrected chi connectivity index (χ4v) is 0.715. The third-order valence-electron chi connectivity index (χ3n) is 1.58. The number of aliphatic carboxylic acids is 1. The van der Waals surface area contributed by atoms with Gasteiger partial charge in [0.05, 0.1) is 5.84 Å². The fraction of sp³-hybridized carbons (Fsp3) is 0.556. The van der Waals surface area contributed by atoms with E-state index in [4.69, 9.17) is 16.6 Å². The molecule has 1 atom stereocenters. The number of nitrogens with zero attached hydrogens (tertiary/aromatic N) is 1. The maximum absolute atomic E-state index is 10.6. The molecule has 0 saturated carbocycles. The monoisotopic (exact) mass is 199 g/mol. The summed E-state index contributed by atoms with van der Waals surface area (Å²) in [6.45, 7) is 3.69. The minimum atomic E-state index is -1.30. The normalized spacial score (nSPS) is 16.9. The smallest absolute Gasteiger partial charge is 0.327 e. The van der Waals surface area contributed by atoms with E-state index in [0.29, 0.717) is 18.8 Å². The van der Waals surface area contributed by atoms with Crippen LogP contribution in [0, 0.1) is 0 Å². The van der Waals surface area contributed by atoms with Gasteiger partial charge < -0.3 is 16.6 Å². The number of hydrogen-bond acceptors (Lipinski definition) is 3. The minimum Gasteiger partial charge on any atom is -0.480 e. The summed E-state index contributed by atoms with van der Waals surface area (Å²) in [5.74, 6) is -0.528. The number of amidine groups is 1. The van der Waals surface area contributed by atoms with Crippen LogP contribution in [-0.2, 0) is 4.79 Å². The molecule has 0 bridgehead atoms. The molecule has 0 amide bonds. The Hall–Kier alpha value is -1.36. The second-order valence-corrected chi connectivity index (χ2v) is 3.30. The van der Waals surface area contributed by atoms with Gasteiger partial charge in [-0.15, -0.1) is 0 Å². The van der Waals surface area contributed by atoms with Crippen LogP contribution in [0.15, 0.2) is 17.1 Å². The van der Waals surface area contributed by atoms with Crippen LogP contribution in [0.1, 0.15) is 20.3 Å². The highest BCUT2D eigenvalue weighted by atomic mass is 16.4. The van der Waals surface area contributed by atoms with Crippen LogP contribution in [0.3, 0.4) is 0 Å². The maximum Gasteiger partial charge on any atom is 0.327 e. The average molecular weight is 199 g/mol. The van der Waals surface area contributed by atoms with E-state index >= 15 is 0 Å². The Labute approximate surface area is 83.5 Å². The van der Waals surface area contributed by atoms with Crippen LogP contribution in [-0.4, -0.2) is 29.0 Å². The second kappa shape index (κ2) is 5.39. The lowest BCUT2D eigenvalue weighted by Gasteiger charge is -2.12. The van der Waals surface area contributed by atoms with Crippen LogP contribution < -0.4 is 11.5 Å². The molecular weight excluding hydrogens is 182 g/mol. The van der Waals surface area contributed by atoms with Gasteiger partial charge in [0, 0.05) is 6.54 Å². The summed E-state index contributed by atoms with van der Waals surface area (Å²) < 4.78 is 0. The molecule has 0 aliphatic carbocycles.